The van der Waals surface area contributed by atoms with Crippen molar-refractivity contribution in [3.8, 4) is 17.6 Å². The summed E-state index contributed by atoms with van der Waals surface area (Å²) in [5.74, 6) is 5.36. The lowest BCUT2D eigenvalue weighted by molar-refractivity contribution is -0.137. The first-order valence-corrected chi connectivity index (χ1v) is 10.6. The Morgan fingerprint density at radius 2 is 1.78 bits per heavy atom. The van der Waals surface area contributed by atoms with Gasteiger partial charge in [-0.2, -0.15) is 0 Å². The number of carboxylic acid groups (broad SMARTS) is 1. The molecule has 1 atom stereocenters. The first-order valence-electron chi connectivity index (χ1n) is 10.6. The second-order valence-corrected chi connectivity index (χ2v) is 7.72. The zero-order valence-corrected chi connectivity index (χ0v) is 18.0. The minimum Gasteiger partial charge on any atom is -0.489 e. The molecule has 0 fully saturated rings. The van der Waals surface area contributed by atoms with E-state index in [4.69, 9.17) is 9.84 Å². The molecule has 160 valence electrons. The SMILES string of the molecule is CC#C[C@@H](CC(=O)O)c1ccc(OCc2ccc3c(ccn3Cc3ccccc3)c2)cc1. The monoisotopic (exact) mass is 423 g/mol. The number of nitrogens with zero attached hydrogens (tertiary/aromatic N) is 1. The third-order valence-electron chi connectivity index (χ3n) is 5.42. The van der Waals surface area contributed by atoms with Crippen LogP contribution in [0.1, 0.15) is 36.0 Å². The number of fused-ring (bicyclic) bond motifs is 1. The quantitative estimate of drug-likeness (QED) is 0.362. The topological polar surface area (TPSA) is 51.5 Å². The minimum atomic E-state index is -0.855. The maximum absolute atomic E-state index is 11.1. The summed E-state index contributed by atoms with van der Waals surface area (Å²) in [7, 11) is 0. The lowest BCUT2D eigenvalue weighted by atomic mass is 9.96. The van der Waals surface area contributed by atoms with Crippen molar-refractivity contribution in [2.75, 3.05) is 0 Å². The summed E-state index contributed by atoms with van der Waals surface area (Å²) in [6, 6.07) is 26.5. The summed E-state index contributed by atoms with van der Waals surface area (Å²) in [6.45, 7) is 3.03. The van der Waals surface area contributed by atoms with Crippen molar-refractivity contribution in [2.45, 2.75) is 32.4 Å². The molecule has 32 heavy (non-hydrogen) atoms. The molecule has 0 saturated carbocycles. The molecular formula is C28H25NO3. The van der Waals surface area contributed by atoms with Gasteiger partial charge in [0.15, 0.2) is 0 Å². The Hall–Kier alpha value is -3.97. The van der Waals surface area contributed by atoms with E-state index in [1.165, 1.54) is 16.5 Å². The molecule has 4 heteroatoms. The number of ether oxygens (including phenoxy) is 1. The molecule has 0 aliphatic rings. The molecule has 1 aromatic heterocycles. The highest BCUT2D eigenvalue weighted by molar-refractivity contribution is 5.81. The maximum atomic E-state index is 11.1. The predicted molar refractivity (Wildman–Crippen MR) is 127 cm³/mol. The van der Waals surface area contributed by atoms with Gasteiger partial charge in [0.1, 0.15) is 12.4 Å². The molecule has 0 amide bonds. The van der Waals surface area contributed by atoms with E-state index in [0.717, 1.165) is 23.4 Å². The Bertz CT molecular complexity index is 1260. The van der Waals surface area contributed by atoms with Crippen LogP contribution in [0.15, 0.2) is 85.1 Å². The number of carbonyl (C=O) groups is 1. The van der Waals surface area contributed by atoms with Crippen molar-refractivity contribution < 1.29 is 14.6 Å². The van der Waals surface area contributed by atoms with Gasteiger partial charge in [0.2, 0.25) is 0 Å². The number of rotatable bonds is 8. The van der Waals surface area contributed by atoms with Crippen molar-refractivity contribution in [1.82, 2.24) is 4.57 Å². The van der Waals surface area contributed by atoms with E-state index < -0.39 is 5.97 Å². The summed E-state index contributed by atoms with van der Waals surface area (Å²) in [6.07, 6.45) is 2.11. The van der Waals surface area contributed by atoms with Gasteiger partial charge in [-0.3, -0.25) is 4.79 Å². The summed E-state index contributed by atoms with van der Waals surface area (Å²) in [5.41, 5.74) is 4.45. The van der Waals surface area contributed by atoms with E-state index in [1.54, 1.807) is 6.92 Å². The second kappa shape index (κ2) is 9.89. The minimum absolute atomic E-state index is 0.00895. The van der Waals surface area contributed by atoms with E-state index in [-0.39, 0.29) is 12.3 Å². The van der Waals surface area contributed by atoms with Gasteiger partial charge in [0, 0.05) is 18.3 Å². The van der Waals surface area contributed by atoms with Gasteiger partial charge in [-0.15, -0.1) is 5.92 Å². The van der Waals surface area contributed by atoms with Crippen LogP contribution < -0.4 is 4.74 Å². The zero-order chi connectivity index (χ0) is 22.3. The van der Waals surface area contributed by atoms with Crippen LogP contribution in [0.2, 0.25) is 0 Å². The Morgan fingerprint density at radius 1 is 1.00 bits per heavy atom. The summed E-state index contributed by atoms with van der Waals surface area (Å²) in [4.78, 5) is 11.1. The van der Waals surface area contributed by atoms with Gasteiger partial charge in [0.05, 0.1) is 12.3 Å². The second-order valence-electron chi connectivity index (χ2n) is 7.72. The van der Waals surface area contributed by atoms with Crippen LogP contribution in [-0.2, 0) is 17.9 Å². The van der Waals surface area contributed by atoms with Crippen LogP contribution in [0, 0.1) is 11.8 Å². The van der Waals surface area contributed by atoms with Crippen LogP contribution in [0.25, 0.3) is 10.9 Å². The highest BCUT2D eigenvalue weighted by atomic mass is 16.5. The van der Waals surface area contributed by atoms with Gasteiger partial charge in [-0.25, -0.2) is 0 Å². The number of hydrogen-bond acceptors (Lipinski definition) is 2. The lowest BCUT2D eigenvalue weighted by Crippen LogP contribution is -2.04. The summed E-state index contributed by atoms with van der Waals surface area (Å²) in [5, 5.41) is 10.3. The van der Waals surface area contributed by atoms with Crippen molar-refractivity contribution in [3.63, 3.8) is 0 Å². The molecule has 0 unspecified atom stereocenters. The average molecular weight is 424 g/mol. The van der Waals surface area contributed by atoms with Crippen LogP contribution in [0.4, 0.5) is 0 Å². The highest BCUT2D eigenvalue weighted by Gasteiger charge is 2.13. The van der Waals surface area contributed by atoms with Gasteiger partial charge < -0.3 is 14.4 Å². The lowest BCUT2D eigenvalue weighted by Gasteiger charge is -2.11. The maximum Gasteiger partial charge on any atom is 0.304 e. The van der Waals surface area contributed by atoms with Crippen LogP contribution in [0.5, 0.6) is 5.75 Å². The van der Waals surface area contributed by atoms with Gasteiger partial charge in [-0.1, -0.05) is 54.5 Å². The molecule has 1 N–H and O–H groups in total. The number of hydrogen-bond donors (Lipinski definition) is 1. The molecule has 4 nitrogen and oxygen atoms in total. The Kier molecular flexibility index (Phi) is 6.57. The van der Waals surface area contributed by atoms with Crippen LogP contribution in [0.3, 0.4) is 0 Å². The molecule has 3 aromatic carbocycles. The molecule has 0 spiro atoms. The molecule has 0 radical (unpaired) electrons. The molecule has 0 bridgehead atoms. The molecular weight excluding hydrogens is 398 g/mol. The number of carboxylic acids is 1. The molecule has 0 aliphatic carbocycles. The molecule has 1 heterocycles. The first kappa shape index (κ1) is 21.3. The van der Waals surface area contributed by atoms with E-state index in [9.17, 15) is 4.79 Å². The predicted octanol–water partition coefficient (Wildman–Crippen LogP) is 5.85. The fourth-order valence-corrected chi connectivity index (χ4v) is 3.82. The molecule has 0 saturated heterocycles. The van der Waals surface area contributed by atoms with Crippen LogP contribution >= 0.6 is 0 Å². The fourth-order valence-electron chi connectivity index (χ4n) is 3.82. The van der Waals surface area contributed by atoms with Crippen molar-refractivity contribution >= 4 is 16.9 Å². The normalized spacial score (nSPS) is 11.5. The third kappa shape index (κ3) is 5.19. The van der Waals surface area contributed by atoms with Gasteiger partial charge in [0.25, 0.3) is 0 Å². The first-order chi connectivity index (χ1) is 15.6. The van der Waals surface area contributed by atoms with Crippen molar-refractivity contribution in [3.05, 3.63) is 102 Å². The summed E-state index contributed by atoms with van der Waals surface area (Å²) >= 11 is 0. The smallest absolute Gasteiger partial charge is 0.304 e. The zero-order valence-electron chi connectivity index (χ0n) is 18.0. The Morgan fingerprint density at radius 3 is 2.50 bits per heavy atom. The highest BCUT2D eigenvalue weighted by Crippen LogP contribution is 2.24. The van der Waals surface area contributed by atoms with Crippen molar-refractivity contribution in [1.29, 1.82) is 0 Å². The average Bonchev–Trinajstić information content (AvgIpc) is 3.20. The van der Waals surface area contributed by atoms with E-state index in [0.29, 0.717) is 6.61 Å². The van der Waals surface area contributed by atoms with E-state index in [2.05, 4.69) is 71.1 Å². The third-order valence-corrected chi connectivity index (χ3v) is 5.42. The van der Waals surface area contributed by atoms with E-state index in [1.807, 2.05) is 30.3 Å². The molecule has 0 aliphatic heterocycles. The Labute approximate surface area is 188 Å². The largest absolute Gasteiger partial charge is 0.489 e. The molecule has 4 aromatic rings. The van der Waals surface area contributed by atoms with Gasteiger partial charge in [-0.05, 0) is 59.3 Å². The van der Waals surface area contributed by atoms with Crippen LogP contribution in [-0.4, -0.2) is 15.6 Å². The van der Waals surface area contributed by atoms with E-state index >= 15 is 0 Å². The fraction of sp³-hybridized carbons (Fsp3) is 0.179. The number of aliphatic carboxylic acids is 1. The summed E-state index contributed by atoms with van der Waals surface area (Å²) < 4.78 is 8.21. The number of benzene rings is 3. The molecule has 4 rings (SSSR count). The van der Waals surface area contributed by atoms with Crippen molar-refractivity contribution in [2.24, 2.45) is 0 Å². The standard InChI is InChI=1S/C28H25NO3/c1-2-6-24(18-28(30)31)23-10-12-26(13-11-23)32-20-22-9-14-27-25(17-22)15-16-29(27)19-21-7-4-3-5-8-21/h3-5,7-17,24H,18-20H2,1H3,(H,30,31)/t24-/m0/s1. The van der Waals surface area contributed by atoms with Gasteiger partial charge >= 0.3 is 5.97 Å². The number of aromatic nitrogens is 1. The Balaban J connectivity index is 1.41.